The van der Waals surface area contributed by atoms with Gasteiger partial charge in [0.25, 0.3) is 0 Å². The lowest BCUT2D eigenvalue weighted by Crippen LogP contribution is -2.50. The lowest BCUT2D eigenvalue weighted by Gasteiger charge is -2.31. The molecule has 0 amide bonds. The number of carboxylic acid groups (broad SMARTS) is 1. The Morgan fingerprint density at radius 3 is 1.48 bits per heavy atom. The van der Waals surface area contributed by atoms with E-state index >= 15 is 0 Å². The van der Waals surface area contributed by atoms with Crippen molar-refractivity contribution in [3.8, 4) is 0 Å². The molecule has 0 aromatic rings. The monoisotopic (exact) mass is 600 g/mol. The highest BCUT2D eigenvalue weighted by molar-refractivity contribution is 5.72. The van der Waals surface area contributed by atoms with Crippen molar-refractivity contribution in [3.63, 3.8) is 0 Å². The van der Waals surface area contributed by atoms with E-state index in [1.54, 1.807) is 0 Å². The zero-order valence-electron chi connectivity index (χ0n) is 28.0. The zero-order chi connectivity index (χ0) is 31.5. The fourth-order valence-electron chi connectivity index (χ4n) is 5.03. The zero-order valence-corrected chi connectivity index (χ0v) is 28.0. The van der Waals surface area contributed by atoms with E-state index in [0.717, 1.165) is 38.5 Å². The van der Waals surface area contributed by atoms with Crippen LogP contribution in [0.25, 0.3) is 0 Å². The summed E-state index contributed by atoms with van der Waals surface area (Å²) in [5, 5.41) is 9.53. The maximum atomic E-state index is 12.5. The quantitative estimate of drug-likeness (QED) is 0.0509. The number of ether oxygens (including phenoxy) is 3. The van der Waals surface area contributed by atoms with E-state index in [4.69, 9.17) is 14.2 Å². The minimum Gasteiger partial charge on any atom is -0.477 e. The predicted octanol–water partition coefficient (Wildman–Crippen LogP) is 7.85. The summed E-state index contributed by atoms with van der Waals surface area (Å²) in [6.45, 7) is 4.68. The smallest absolute Gasteiger partial charge is 0.362 e. The second-order valence-corrected chi connectivity index (χ2v) is 12.8. The number of carboxylic acids is 1. The van der Waals surface area contributed by atoms with E-state index in [2.05, 4.69) is 13.8 Å². The highest BCUT2D eigenvalue weighted by Crippen LogP contribution is 2.14. The third kappa shape index (κ3) is 24.9. The van der Waals surface area contributed by atoms with E-state index in [1.165, 1.54) is 77.0 Å². The molecule has 2 atom stereocenters. The van der Waals surface area contributed by atoms with Crippen LogP contribution in [0, 0.1) is 0 Å². The highest BCUT2D eigenvalue weighted by Gasteiger charge is 2.31. The van der Waals surface area contributed by atoms with Crippen molar-refractivity contribution in [2.75, 3.05) is 41.0 Å². The van der Waals surface area contributed by atoms with Crippen LogP contribution in [-0.2, 0) is 28.6 Å². The van der Waals surface area contributed by atoms with Crippen LogP contribution in [0.15, 0.2) is 0 Å². The molecule has 0 aromatic carbocycles. The third-order valence-electron chi connectivity index (χ3n) is 7.76. The summed E-state index contributed by atoms with van der Waals surface area (Å²) in [6.07, 6.45) is 21.5. The van der Waals surface area contributed by atoms with Crippen LogP contribution in [0.4, 0.5) is 0 Å². The summed E-state index contributed by atoms with van der Waals surface area (Å²) in [6, 6.07) is -0.605. The van der Waals surface area contributed by atoms with Gasteiger partial charge in [-0.1, -0.05) is 117 Å². The molecule has 0 radical (unpaired) electrons. The Kier molecular flexibility index (Phi) is 25.8. The first-order valence-electron chi connectivity index (χ1n) is 17.1. The lowest BCUT2D eigenvalue weighted by atomic mass is 10.1. The summed E-state index contributed by atoms with van der Waals surface area (Å²) in [5.74, 6) is -1.47. The number of esters is 2. The van der Waals surface area contributed by atoms with Gasteiger partial charge in [-0.3, -0.25) is 9.59 Å². The van der Waals surface area contributed by atoms with Gasteiger partial charge in [0.2, 0.25) is 0 Å². The van der Waals surface area contributed by atoms with Crippen molar-refractivity contribution in [3.05, 3.63) is 0 Å². The van der Waals surface area contributed by atoms with Crippen LogP contribution < -0.4 is 0 Å². The Balaban J connectivity index is 4.47. The maximum absolute atomic E-state index is 12.5. The molecule has 0 fully saturated rings. The van der Waals surface area contributed by atoms with Crippen LogP contribution in [0.1, 0.15) is 149 Å². The molecule has 0 aliphatic carbocycles. The second kappa shape index (κ2) is 26.9. The van der Waals surface area contributed by atoms with Crippen LogP contribution in [0.3, 0.4) is 0 Å². The van der Waals surface area contributed by atoms with Crippen molar-refractivity contribution >= 4 is 17.9 Å². The topological polar surface area (TPSA) is 99.1 Å². The van der Waals surface area contributed by atoms with Crippen molar-refractivity contribution < 1.29 is 38.2 Å². The normalized spacial score (nSPS) is 13.1. The molecule has 0 bridgehead atoms. The van der Waals surface area contributed by atoms with Crippen molar-refractivity contribution in [2.45, 2.75) is 161 Å². The number of hydrogen-bond donors (Lipinski definition) is 1. The molecule has 0 aromatic heterocycles. The first-order valence-corrected chi connectivity index (χ1v) is 17.1. The molecule has 0 spiro atoms. The van der Waals surface area contributed by atoms with E-state index in [9.17, 15) is 19.5 Å². The van der Waals surface area contributed by atoms with E-state index in [1.807, 2.05) is 21.1 Å². The van der Waals surface area contributed by atoms with Gasteiger partial charge in [-0.05, 0) is 12.8 Å². The number of nitrogens with zero attached hydrogens (tertiary/aromatic N) is 1. The minimum absolute atomic E-state index is 0.0443. The van der Waals surface area contributed by atoms with E-state index in [0.29, 0.717) is 19.3 Å². The number of quaternary nitrogens is 1. The summed E-state index contributed by atoms with van der Waals surface area (Å²) in [5.41, 5.74) is 0. The summed E-state index contributed by atoms with van der Waals surface area (Å²) >= 11 is 0. The van der Waals surface area contributed by atoms with Gasteiger partial charge in [0.1, 0.15) is 6.61 Å². The molecule has 1 N–H and O–H groups in total. The Morgan fingerprint density at radius 2 is 1.05 bits per heavy atom. The molecule has 0 aliphatic rings. The summed E-state index contributed by atoms with van der Waals surface area (Å²) in [7, 11) is 5.51. The van der Waals surface area contributed by atoms with Gasteiger partial charge in [-0.15, -0.1) is 0 Å². The van der Waals surface area contributed by atoms with Gasteiger partial charge in [-0.2, -0.15) is 0 Å². The van der Waals surface area contributed by atoms with Gasteiger partial charge < -0.3 is 23.8 Å². The Morgan fingerprint density at radius 1 is 0.619 bits per heavy atom. The molecular weight excluding hydrogens is 534 g/mol. The number of aliphatic carboxylic acids is 1. The molecule has 2 unspecified atom stereocenters. The van der Waals surface area contributed by atoms with Gasteiger partial charge >= 0.3 is 17.9 Å². The standard InChI is InChI=1S/C34H65NO7/c1-6-8-10-12-14-16-17-19-21-23-25-33(37)42-30(28-40-27-26-31(34(38)39)35(3,4)5)29-41-32(36)24-22-20-18-15-13-11-9-7-2/h30-31H,6-29H2,1-5H3/p+1. The van der Waals surface area contributed by atoms with E-state index in [-0.39, 0.29) is 36.2 Å². The Hall–Kier alpha value is -1.67. The number of likely N-dealkylation sites (N-methyl/N-ethyl adjacent to an activating group) is 1. The molecule has 0 rings (SSSR count). The van der Waals surface area contributed by atoms with Gasteiger partial charge in [0.15, 0.2) is 12.1 Å². The van der Waals surface area contributed by atoms with Crippen molar-refractivity contribution in [2.24, 2.45) is 0 Å². The third-order valence-corrected chi connectivity index (χ3v) is 7.76. The van der Waals surface area contributed by atoms with E-state index < -0.39 is 18.1 Å². The second-order valence-electron chi connectivity index (χ2n) is 12.8. The number of hydrogen-bond acceptors (Lipinski definition) is 6. The predicted molar refractivity (Wildman–Crippen MR) is 169 cm³/mol. The van der Waals surface area contributed by atoms with Crippen molar-refractivity contribution in [1.29, 1.82) is 0 Å². The number of carbonyl (C=O) groups is 3. The van der Waals surface area contributed by atoms with Crippen LogP contribution >= 0.6 is 0 Å². The molecule has 42 heavy (non-hydrogen) atoms. The Labute approximate surface area is 257 Å². The molecule has 248 valence electrons. The van der Waals surface area contributed by atoms with Crippen LogP contribution in [0.2, 0.25) is 0 Å². The first kappa shape index (κ1) is 40.3. The average molecular weight is 601 g/mol. The maximum Gasteiger partial charge on any atom is 0.362 e. The van der Waals surface area contributed by atoms with Crippen molar-refractivity contribution in [1.82, 2.24) is 0 Å². The molecule has 0 saturated carbocycles. The minimum atomic E-state index is -0.875. The largest absolute Gasteiger partial charge is 0.477 e. The van der Waals surface area contributed by atoms with Gasteiger partial charge in [0, 0.05) is 19.3 Å². The Bertz CT molecular complexity index is 677. The SMILES string of the molecule is CCCCCCCCCCCCC(=O)OC(COCCC(C(=O)O)[N+](C)(C)C)COC(=O)CCCCCCCCCC. The molecule has 8 heteroatoms. The fourth-order valence-corrected chi connectivity index (χ4v) is 5.03. The molecular formula is C34H66NO7+. The lowest BCUT2D eigenvalue weighted by molar-refractivity contribution is -0.887. The molecule has 0 saturated heterocycles. The number of carbonyl (C=O) groups excluding carboxylic acids is 2. The van der Waals surface area contributed by atoms with Gasteiger partial charge in [-0.25, -0.2) is 4.79 Å². The fraction of sp³-hybridized carbons (Fsp3) is 0.912. The molecule has 8 nitrogen and oxygen atoms in total. The van der Waals surface area contributed by atoms with Crippen LogP contribution in [0.5, 0.6) is 0 Å². The average Bonchev–Trinajstić information content (AvgIpc) is 2.92. The first-order chi connectivity index (χ1) is 20.1. The number of rotatable bonds is 30. The van der Waals surface area contributed by atoms with Crippen LogP contribution in [-0.4, -0.2) is 80.6 Å². The number of unbranched alkanes of at least 4 members (excludes halogenated alkanes) is 16. The summed E-state index contributed by atoms with van der Waals surface area (Å²) < 4.78 is 17.1. The molecule has 0 heterocycles. The molecule has 0 aliphatic heterocycles. The summed E-state index contributed by atoms with van der Waals surface area (Å²) in [4.78, 5) is 36.5. The van der Waals surface area contributed by atoms with Gasteiger partial charge in [0.05, 0.1) is 34.4 Å². The highest BCUT2D eigenvalue weighted by atomic mass is 16.6.